The smallest absolute Gasteiger partial charge is 0.318 e. The van der Waals surface area contributed by atoms with Crippen molar-refractivity contribution in [3.63, 3.8) is 0 Å². The number of nitrogens with zero attached hydrogens (tertiary/aromatic N) is 5. The Labute approximate surface area is 162 Å². The fraction of sp³-hybridized carbons (Fsp3) is 0.318. The fourth-order valence-corrected chi connectivity index (χ4v) is 4.50. The molecule has 0 spiro atoms. The third-order valence-corrected chi connectivity index (χ3v) is 6.08. The third kappa shape index (κ3) is 2.64. The Morgan fingerprint density at radius 3 is 2.61 bits per heavy atom. The largest absolute Gasteiger partial charge is 0.403 e. The van der Waals surface area contributed by atoms with Crippen molar-refractivity contribution in [3.8, 4) is 11.5 Å². The van der Waals surface area contributed by atoms with Crippen molar-refractivity contribution in [1.29, 1.82) is 0 Å². The molecule has 2 aromatic heterocycles. The molecule has 0 aliphatic carbocycles. The summed E-state index contributed by atoms with van der Waals surface area (Å²) in [5.74, 6) is 0.573. The minimum atomic E-state index is 0.513. The van der Waals surface area contributed by atoms with Crippen LogP contribution in [0.4, 0.5) is 6.01 Å². The topological polar surface area (TPSA) is 58.3 Å². The first kappa shape index (κ1) is 16.0. The fourth-order valence-electron chi connectivity index (χ4n) is 4.50. The zero-order valence-electron chi connectivity index (χ0n) is 15.6. The van der Waals surface area contributed by atoms with E-state index in [1.54, 1.807) is 0 Å². The van der Waals surface area contributed by atoms with Gasteiger partial charge in [0.05, 0.1) is 11.0 Å². The highest BCUT2D eigenvalue weighted by Crippen LogP contribution is 2.30. The van der Waals surface area contributed by atoms with E-state index < -0.39 is 0 Å². The van der Waals surface area contributed by atoms with E-state index in [0.29, 0.717) is 17.9 Å². The zero-order valence-corrected chi connectivity index (χ0v) is 15.6. The molecule has 0 amide bonds. The molecule has 3 fully saturated rings. The molecule has 6 nitrogen and oxygen atoms in total. The van der Waals surface area contributed by atoms with Gasteiger partial charge in [-0.3, -0.25) is 0 Å². The van der Waals surface area contributed by atoms with Gasteiger partial charge in [-0.2, -0.15) is 0 Å². The monoisotopic (exact) mass is 371 g/mol. The summed E-state index contributed by atoms with van der Waals surface area (Å²) >= 11 is 0. The number of para-hydroxylation sites is 1. The van der Waals surface area contributed by atoms with E-state index in [0.717, 1.165) is 40.5 Å². The maximum absolute atomic E-state index is 6.12. The molecular formula is C22H21N5O. The van der Waals surface area contributed by atoms with Gasteiger partial charge in [0.15, 0.2) is 0 Å². The van der Waals surface area contributed by atoms with Crippen LogP contribution in [0.15, 0.2) is 52.9 Å². The molecule has 0 atom stereocenters. The Kier molecular flexibility index (Phi) is 3.59. The van der Waals surface area contributed by atoms with Gasteiger partial charge in [0.2, 0.25) is 5.89 Å². The predicted molar refractivity (Wildman–Crippen MR) is 109 cm³/mol. The van der Waals surface area contributed by atoms with Crippen LogP contribution in [0, 0.1) is 0 Å². The number of aromatic nitrogens is 3. The number of rotatable bonds is 2. The highest BCUT2D eigenvalue weighted by Gasteiger charge is 2.31. The van der Waals surface area contributed by atoms with Gasteiger partial charge < -0.3 is 14.2 Å². The van der Waals surface area contributed by atoms with E-state index in [1.807, 2.05) is 30.3 Å². The lowest BCUT2D eigenvalue weighted by molar-refractivity contribution is 0.249. The molecule has 0 saturated carbocycles. The summed E-state index contributed by atoms with van der Waals surface area (Å²) in [6.07, 6.45) is 2.35. The molecule has 0 radical (unpaired) electrons. The van der Waals surface area contributed by atoms with Crippen molar-refractivity contribution in [2.24, 2.45) is 0 Å². The summed E-state index contributed by atoms with van der Waals surface area (Å²) in [6.45, 7) is 4.38. The zero-order chi connectivity index (χ0) is 18.5. The van der Waals surface area contributed by atoms with E-state index in [1.165, 1.54) is 25.9 Å². The Morgan fingerprint density at radius 1 is 0.821 bits per heavy atom. The summed E-state index contributed by atoms with van der Waals surface area (Å²) in [7, 11) is 0. The summed E-state index contributed by atoms with van der Waals surface area (Å²) < 4.78 is 6.12. The lowest BCUT2D eigenvalue weighted by atomic mass is 10.1. The molecule has 0 N–H and O–H groups in total. The summed E-state index contributed by atoms with van der Waals surface area (Å²) in [6, 6.07) is 17.6. The molecule has 140 valence electrons. The second-order valence-corrected chi connectivity index (χ2v) is 7.74. The highest BCUT2D eigenvalue weighted by atomic mass is 16.4. The van der Waals surface area contributed by atoms with Crippen molar-refractivity contribution in [3.05, 3.63) is 48.5 Å². The van der Waals surface area contributed by atoms with Crippen LogP contribution >= 0.6 is 0 Å². The van der Waals surface area contributed by atoms with Crippen LogP contribution in [0.25, 0.3) is 33.3 Å². The lowest BCUT2D eigenvalue weighted by Crippen LogP contribution is -2.38. The van der Waals surface area contributed by atoms with Crippen LogP contribution in [0.2, 0.25) is 0 Å². The van der Waals surface area contributed by atoms with Gasteiger partial charge in [0, 0.05) is 48.6 Å². The van der Waals surface area contributed by atoms with Crippen molar-refractivity contribution < 1.29 is 4.42 Å². The Bertz CT molecular complexity index is 1160. The lowest BCUT2D eigenvalue weighted by Gasteiger charge is -2.29. The summed E-state index contributed by atoms with van der Waals surface area (Å²) in [4.78, 5) is 9.58. The summed E-state index contributed by atoms with van der Waals surface area (Å²) in [5, 5.41) is 10.9. The molecule has 3 aliphatic heterocycles. The second-order valence-electron chi connectivity index (χ2n) is 7.74. The average Bonchev–Trinajstić information content (AvgIpc) is 3.04. The molecule has 5 heterocycles. The molecule has 2 aromatic carbocycles. The average molecular weight is 371 g/mol. The number of piperidine rings is 1. The Morgan fingerprint density at radius 2 is 1.68 bits per heavy atom. The number of fused-ring (bicyclic) bond motifs is 6. The number of hydrogen-bond acceptors (Lipinski definition) is 6. The molecule has 3 saturated heterocycles. The summed E-state index contributed by atoms with van der Waals surface area (Å²) in [5.41, 5.74) is 2.92. The van der Waals surface area contributed by atoms with Crippen molar-refractivity contribution >= 4 is 27.8 Å². The van der Waals surface area contributed by atoms with Crippen LogP contribution in [-0.2, 0) is 0 Å². The van der Waals surface area contributed by atoms with Gasteiger partial charge in [-0.1, -0.05) is 23.3 Å². The minimum absolute atomic E-state index is 0.513. The first-order valence-electron chi connectivity index (χ1n) is 9.96. The first-order valence-corrected chi connectivity index (χ1v) is 9.96. The highest BCUT2D eigenvalue weighted by molar-refractivity contribution is 5.94. The van der Waals surface area contributed by atoms with Crippen LogP contribution < -0.4 is 4.90 Å². The molecular weight excluding hydrogens is 350 g/mol. The van der Waals surface area contributed by atoms with E-state index in [4.69, 9.17) is 9.40 Å². The van der Waals surface area contributed by atoms with E-state index in [-0.39, 0.29) is 0 Å². The molecule has 0 unspecified atom stereocenters. The molecule has 7 rings (SSSR count). The number of pyridine rings is 1. The molecule has 28 heavy (non-hydrogen) atoms. The van der Waals surface area contributed by atoms with Crippen molar-refractivity contribution in [1.82, 2.24) is 20.1 Å². The molecule has 2 bridgehead atoms. The third-order valence-electron chi connectivity index (χ3n) is 6.08. The van der Waals surface area contributed by atoms with Crippen LogP contribution in [0.3, 0.4) is 0 Å². The first-order chi connectivity index (χ1) is 13.8. The normalized spacial score (nSPS) is 22.1. The van der Waals surface area contributed by atoms with Crippen LogP contribution in [0.5, 0.6) is 0 Å². The molecule has 3 aliphatic rings. The SMILES string of the molecule is c1ccc2nc3ccc(-c4nnc(N5CCN6CCC5CC6)o4)cc3cc2c1. The van der Waals surface area contributed by atoms with E-state index in [9.17, 15) is 0 Å². The van der Waals surface area contributed by atoms with Crippen LogP contribution in [0.1, 0.15) is 12.8 Å². The van der Waals surface area contributed by atoms with E-state index >= 15 is 0 Å². The molecule has 6 heteroatoms. The Balaban J connectivity index is 1.36. The van der Waals surface area contributed by atoms with Crippen molar-refractivity contribution in [2.75, 3.05) is 31.1 Å². The maximum atomic E-state index is 6.12. The predicted octanol–water partition coefficient (Wildman–Crippen LogP) is 3.72. The number of benzene rings is 2. The Hall–Kier alpha value is -2.99. The molecule has 4 aromatic rings. The van der Waals surface area contributed by atoms with Gasteiger partial charge in [-0.25, -0.2) is 4.98 Å². The van der Waals surface area contributed by atoms with E-state index in [2.05, 4.69) is 38.2 Å². The van der Waals surface area contributed by atoms with Crippen molar-refractivity contribution in [2.45, 2.75) is 18.9 Å². The van der Waals surface area contributed by atoms with Gasteiger partial charge in [0.25, 0.3) is 0 Å². The minimum Gasteiger partial charge on any atom is -0.403 e. The maximum Gasteiger partial charge on any atom is 0.318 e. The number of anilines is 1. The van der Waals surface area contributed by atoms with Gasteiger partial charge in [-0.15, -0.1) is 5.10 Å². The quantitative estimate of drug-likeness (QED) is 0.501. The van der Waals surface area contributed by atoms with Gasteiger partial charge >= 0.3 is 6.01 Å². The second kappa shape index (κ2) is 6.27. The van der Waals surface area contributed by atoms with Gasteiger partial charge in [0.1, 0.15) is 0 Å². The van der Waals surface area contributed by atoms with Gasteiger partial charge in [-0.05, 0) is 43.2 Å². The van der Waals surface area contributed by atoms with Crippen LogP contribution in [-0.4, -0.2) is 52.3 Å². The standard InChI is InChI=1S/C22H21N5O/c1-2-4-19-15(3-1)13-17-14-16(5-6-20(17)23-19)21-24-25-22(28-21)27-12-11-26-9-7-18(27)8-10-26/h1-6,13-14,18H,7-12H2. The number of hydrogen-bond donors (Lipinski definition) is 0.